The summed E-state index contributed by atoms with van der Waals surface area (Å²) in [5.41, 5.74) is 12.0. The first-order valence-electron chi connectivity index (χ1n) is 4.28. The Kier molecular flexibility index (Phi) is 2.38. The van der Waals surface area contributed by atoms with Gasteiger partial charge in [-0.05, 0) is 24.4 Å². The number of anilines is 1. The van der Waals surface area contributed by atoms with Crippen LogP contribution in [0.3, 0.4) is 0 Å². The molecule has 0 saturated carbocycles. The minimum atomic E-state index is -0.368. The van der Waals surface area contributed by atoms with Gasteiger partial charge < -0.3 is 22.1 Å². The summed E-state index contributed by atoms with van der Waals surface area (Å²) in [6.07, 6.45) is 1.25. The molecule has 0 spiro atoms. The van der Waals surface area contributed by atoms with E-state index in [0.29, 0.717) is 10.9 Å². The molecule has 15 heavy (non-hydrogen) atoms. The van der Waals surface area contributed by atoms with E-state index in [1.165, 1.54) is 0 Å². The minimum Gasteiger partial charge on any atom is -0.383 e. The second kappa shape index (κ2) is 3.70. The highest BCUT2D eigenvalue weighted by molar-refractivity contribution is 7.80. The average molecular weight is 222 g/mol. The van der Waals surface area contributed by atoms with Crippen molar-refractivity contribution in [3.8, 4) is 0 Å². The van der Waals surface area contributed by atoms with Crippen molar-refractivity contribution in [2.75, 3.05) is 5.73 Å². The van der Waals surface area contributed by atoms with Gasteiger partial charge in [0.05, 0.1) is 0 Å². The summed E-state index contributed by atoms with van der Waals surface area (Å²) >= 11 is 4.96. The van der Waals surface area contributed by atoms with E-state index in [0.717, 1.165) is 5.56 Å². The Morgan fingerprint density at radius 2 is 2.20 bits per heavy atom. The van der Waals surface area contributed by atoms with E-state index < -0.39 is 0 Å². The SMILES string of the molecule is NC1=NC(c2cccnc2N)NC(=S)N1. The number of hydrogen-bond acceptors (Lipinski definition) is 5. The van der Waals surface area contributed by atoms with Crippen molar-refractivity contribution in [2.24, 2.45) is 10.7 Å². The molecule has 0 bridgehead atoms. The van der Waals surface area contributed by atoms with Gasteiger partial charge in [-0.1, -0.05) is 0 Å². The van der Waals surface area contributed by atoms with Crippen molar-refractivity contribution < 1.29 is 0 Å². The number of pyridine rings is 1. The van der Waals surface area contributed by atoms with Crippen LogP contribution in [-0.2, 0) is 0 Å². The molecule has 78 valence electrons. The van der Waals surface area contributed by atoms with Crippen LogP contribution < -0.4 is 22.1 Å². The van der Waals surface area contributed by atoms with Crippen LogP contribution in [0.25, 0.3) is 0 Å². The summed E-state index contributed by atoms with van der Waals surface area (Å²) in [4.78, 5) is 8.10. The molecular weight excluding hydrogens is 212 g/mol. The zero-order valence-electron chi connectivity index (χ0n) is 7.77. The summed E-state index contributed by atoms with van der Waals surface area (Å²) < 4.78 is 0. The Balaban J connectivity index is 2.36. The van der Waals surface area contributed by atoms with E-state index in [1.807, 2.05) is 6.07 Å². The van der Waals surface area contributed by atoms with Gasteiger partial charge in [-0.3, -0.25) is 0 Å². The molecule has 6 N–H and O–H groups in total. The quantitative estimate of drug-likeness (QED) is 0.476. The molecule has 0 aromatic carbocycles. The van der Waals surface area contributed by atoms with Crippen LogP contribution >= 0.6 is 12.2 Å². The van der Waals surface area contributed by atoms with Gasteiger partial charge in [0, 0.05) is 11.8 Å². The zero-order valence-corrected chi connectivity index (χ0v) is 8.58. The molecule has 1 aromatic rings. The topological polar surface area (TPSA) is 101 Å². The fourth-order valence-corrected chi connectivity index (χ4v) is 1.50. The number of nitrogens with one attached hydrogen (secondary N) is 2. The molecule has 7 heteroatoms. The predicted octanol–water partition coefficient (Wildman–Crippen LogP) is -0.545. The first kappa shape index (κ1) is 9.66. The lowest BCUT2D eigenvalue weighted by atomic mass is 10.2. The predicted molar refractivity (Wildman–Crippen MR) is 61.9 cm³/mol. The highest BCUT2D eigenvalue weighted by Crippen LogP contribution is 2.19. The van der Waals surface area contributed by atoms with Crippen LogP contribution in [0.4, 0.5) is 5.82 Å². The summed E-state index contributed by atoms with van der Waals surface area (Å²) in [5, 5.41) is 6.05. The van der Waals surface area contributed by atoms with Gasteiger partial charge in [0.15, 0.2) is 17.2 Å². The van der Waals surface area contributed by atoms with Crippen LogP contribution in [-0.4, -0.2) is 16.1 Å². The fourth-order valence-electron chi connectivity index (χ4n) is 1.29. The van der Waals surface area contributed by atoms with Gasteiger partial charge >= 0.3 is 0 Å². The molecule has 1 aliphatic heterocycles. The maximum Gasteiger partial charge on any atom is 0.197 e. The second-order valence-electron chi connectivity index (χ2n) is 2.99. The average Bonchev–Trinajstić information content (AvgIpc) is 2.16. The van der Waals surface area contributed by atoms with Crippen molar-refractivity contribution in [1.82, 2.24) is 15.6 Å². The molecule has 0 amide bonds. The van der Waals surface area contributed by atoms with Gasteiger partial charge in [-0.15, -0.1) is 0 Å². The molecular formula is C8H10N6S. The number of thiocarbonyl (C=S) groups is 1. The number of guanidine groups is 1. The molecule has 6 nitrogen and oxygen atoms in total. The highest BCUT2D eigenvalue weighted by Gasteiger charge is 2.19. The molecule has 2 heterocycles. The second-order valence-corrected chi connectivity index (χ2v) is 3.40. The molecule has 0 fully saturated rings. The van der Waals surface area contributed by atoms with Gasteiger partial charge in [0.2, 0.25) is 0 Å². The van der Waals surface area contributed by atoms with Crippen molar-refractivity contribution >= 4 is 29.1 Å². The molecule has 1 atom stereocenters. The first-order valence-corrected chi connectivity index (χ1v) is 4.69. The smallest absolute Gasteiger partial charge is 0.197 e. The molecule has 0 radical (unpaired) electrons. The number of nitrogens with zero attached hydrogens (tertiary/aromatic N) is 2. The first-order chi connectivity index (χ1) is 7.16. The Hall–Kier alpha value is -1.89. The standard InChI is InChI=1S/C8H10N6S/c9-5-4(2-1-3-11-5)6-12-7(10)14-8(15)13-6/h1-3,6H,(H2,9,11)(H4,10,12,13,14,15). The van der Waals surface area contributed by atoms with Gasteiger partial charge in [-0.25, -0.2) is 9.98 Å². The van der Waals surface area contributed by atoms with E-state index in [2.05, 4.69) is 20.6 Å². The van der Waals surface area contributed by atoms with Crippen LogP contribution in [0.2, 0.25) is 0 Å². The van der Waals surface area contributed by atoms with E-state index in [9.17, 15) is 0 Å². The molecule has 1 aliphatic rings. The highest BCUT2D eigenvalue weighted by atomic mass is 32.1. The van der Waals surface area contributed by atoms with Gasteiger partial charge in [0.1, 0.15) is 5.82 Å². The Bertz CT molecular complexity index is 429. The van der Waals surface area contributed by atoms with E-state index >= 15 is 0 Å². The summed E-state index contributed by atoms with van der Waals surface area (Å²) in [7, 11) is 0. The maximum atomic E-state index is 5.72. The summed E-state index contributed by atoms with van der Waals surface area (Å²) in [6.45, 7) is 0. The van der Waals surface area contributed by atoms with Crippen molar-refractivity contribution in [3.63, 3.8) is 0 Å². The molecule has 0 saturated heterocycles. The zero-order chi connectivity index (χ0) is 10.8. The number of nitrogens with two attached hydrogens (primary N) is 2. The van der Waals surface area contributed by atoms with E-state index in [-0.39, 0.29) is 12.1 Å². The lowest BCUT2D eigenvalue weighted by molar-refractivity contribution is 0.660. The molecule has 0 aliphatic carbocycles. The maximum absolute atomic E-state index is 5.72. The minimum absolute atomic E-state index is 0.270. The lowest BCUT2D eigenvalue weighted by Gasteiger charge is -2.23. The van der Waals surface area contributed by atoms with Crippen LogP contribution in [0.1, 0.15) is 11.7 Å². The lowest BCUT2D eigenvalue weighted by Crippen LogP contribution is -2.49. The summed E-state index contributed by atoms with van der Waals surface area (Å²) in [5.74, 6) is 0.684. The largest absolute Gasteiger partial charge is 0.383 e. The monoisotopic (exact) mass is 222 g/mol. The fraction of sp³-hybridized carbons (Fsp3) is 0.125. The van der Waals surface area contributed by atoms with Crippen molar-refractivity contribution in [1.29, 1.82) is 0 Å². The third kappa shape index (κ3) is 1.96. The Morgan fingerprint density at radius 3 is 2.87 bits per heavy atom. The van der Waals surface area contributed by atoms with Crippen molar-refractivity contribution in [2.45, 2.75) is 6.17 Å². The molecule has 2 rings (SSSR count). The molecule has 1 unspecified atom stereocenters. The molecule has 1 aromatic heterocycles. The number of hydrogen-bond donors (Lipinski definition) is 4. The van der Waals surface area contributed by atoms with Crippen LogP contribution in [0, 0.1) is 0 Å². The van der Waals surface area contributed by atoms with E-state index in [4.69, 9.17) is 23.7 Å². The van der Waals surface area contributed by atoms with Crippen LogP contribution in [0.15, 0.2) is 23.3 Å². The third-order valence-electron chi connectivity index (χ3n) is 1.94. The van der Waals surface area contributed by atoms with Crippen molar-refractivity contribution in [3.05, 3.63) is 23.9 Å². The third-order valence-corrected chi connectivity index (χ3v) is 2.16. The Labute approximate surface area is 91.8 Å². The number of rotatable bonds is 1. The van der Waals surface area contributed by atoms with E-state index in [1.54, 1.807) is 12.3 Å². The number of nitrogen functional groups attached to an aromatic ring is 1. The number of aromatic nitrogens is 1. The Morgan fingerprint density at radius 1 is 1.40 bits per heavy atom. The summed E-state index contributed by atoms with van der Waals surface area (Å²) in [6, 6.07) is 3.61. The van der Waals surface area contributed by atoms with Crippen LogP contribution in [0.5, 0.6) is 0 Å². The van der Waals surface area contributed by atoms with Gasteiger partial charge in [0.25, 0.3) is 0 Å². The number of aliphatic imine (C=N–C) groups is 1. The van der Waals surface area contributed by atoms with Gasteiger partial charge in [-0.2, -0.15) is 0 Å². The normalized spacial score (nSPS) is 20.1.